The fourth-order valence-electron chi connectivity index (χ4n) is 2.84. The molecule has 0 bridgehead atoms. The molecule has 4 atom stereocenters. The lowest BCUT2D eigenvalue weighted by atomic mass is 10.00. The number of benzene rings is 1. The Kier molecular flexibility index (Phi) is 4.22. The zero-order valence-electron chi connectivity index (χ0n) is 12.3. The Morgan fingerprint density at radius 3 is 2.52 bits per heavy atom. The molecule has 1 heterocycles. The second kappa shape index (κ2) is 6.12. The number of halogens is 1. The van der Waals surface area contributed by atoms with E-state index in [0.717, 1.165) is 16.6 Å². The van der Waals surface area contributed by atoms with Crippen molar-refractivity contribution in [2.75, 3.05) is 0 Å². The fourth-order valence-corrected chi connectivity index (χ4v) is 2.97. The lowest BCUT2D eigenvalue weighted by molar-refractivity contribution is 0.409. The third kappa shape index (κ3) is 3.42. The van der Waals surface area contributed by atoms with Crippen LogP contribution < -0.4 is 5.32 Å². The first-order valence-corrected chi connectivity index (χ1v) is 7.80. The quantitative estimate of drug-likeness (QED) is 0.900. The lowest BCUT2D eigenvalue weighted by Gasteiger charge is -2.24. The molecule has 1 fully saturated rings. The molecule has 1 aromatic heterocycles. The van der Waals surface area contributed by atoms with Crippen LogP contribution in [-0.4, -0.2) is 9.97 Å². The third-order valence-corrected chi connectivity index (χ3v) is 4.54. The molecule has 0 saturated heterocycles. The average Bonchev–Trinajstić information content (AvgIpc) is 3.23. The second-order valence-electron chi connectivity index (χ2n) is 5.92. The minimum absolute atomic E-state index is 0.173. The zero-order valence-corrected chi connectivity index (χ0v) is 13.1. The molecule has 0 radical (unpaired) electrons. The first-order valence-electron chi connectivity index (χ1n) is 7.42. The van der Waals surface area contributed by atoms with E-state index in [4.69, 9.17) is 11.6 Å². The number of hydrogen-bond donors (Lipinski definition) is 1. The van der Waals surface area contributed by atoms with Gasteiger partial charge in [-0.3, -0.25) is 9.97 Å². The Balaban J connectivity index is 1.79. The van der Waals surface area contributed by atoms with E-state index in [0.29, 0.717) is 12.0 Å². The van der Waals surface area contributed by atoms with Crippen LogP contribution >= 0.6 is 11.6 Å². The van der Waals surface area contributed by atoms with Crippen LogP contribution in [0.1, 0.15) is 43.6 Å². The molecule has 1 saturated carbocycles. The highest BCUT2D eigenvalue weighted by molar-refractivity contribution is 6.30. The van der Waals surface area contributed by atoms with Gasteiger partial charge in [-0.25, -0.2) is 0 Å². The van der Waals surface area contributed by atoms with Gasteiger partial charge in [0.25, 0.3) is 0 Å². The van der Waals surface area contributed by atoms with Crippen LogP contribution in [0.15, 0.2) is 42.9 Å². The topological polar surface area (TPSA) is 37.8 Å². The maximum atomic E-state index is 6.00. The molecule has 1 aromatic carbocycles. The van der Waals surface area contributed by atoms with E-state index in [1.54, 1.807) is 12.4 Å². The van der Waals surface area contributed by atoms with Crippen LogP contribution in [-0.2, 0) is 0 Å². The summed E-state index contributed by atoms with van der Waals surface area (Å²) >= 11 is 6.00. The van der Waals surface area contributed by atoms with Gasteiger partial charge in [0.2, 0.25) is 0 Å². The van der Waals surface area contributed by atoms with Gasteiger partial charge in [0.15, 0.2) is 0 Å². The van der Waals surface area contributed by atoms with E-state index < -0.39 is 0 Å². The van der Waals surface area contributed by atoms with E-state index in [9.17, 15) is 0 Å². The number of aromatic nitrogens is 2. The summed E-state index contributed by atoms with van der Waals surface area (Å²) in [5.74, 6) is 1.46. The second-order valence-corrected chi connectivity index (χ2v) is 6.36. The van der Waals surface area contributed by atoms with Crippen molar-refractivity contribution in [2.45, 2.75) is 32.4 Å². The van der Waals surface area contributed by atoms with E-state index in [2.05, 4.69) is 41.3 Å². The molecular formula is C17H20ClN3. The Morgan fingerprint density at radius 2 is 1.95 bits per heavy atom. The monoisotopic (exact) mass is 301 g/mol. The normalized spacial score (nSPS) is 23.6. The SMILES string of the molecule is C[C@H](N[C@H](c1ccc(Cl)cc1)[C@@H]1C[C@H]1C)c1cnccn1. The standard InChI is InChI=1S/C17H20ClN3/c1-11-9-15(11)17(13-3-5-14(18)6-4-13)21-12(2)16-10-19-7-8-20-16/h3-8,10-12,15,17,21H,9H2,1-2H3/t11-,12+,15-,17-/m1/s1. The maximum Gasteiger partial charge on any atom is 0.0753 e. The summed E-state index contributed by atoms with van der Waals surface area (Å²) in [7, 11) is 0. The minimum atomic E-state index is 0.173. The van der Waals surface area contributed by atoms with E-state index in [-0.39, 0.29) is 6.04 Å². The first kappa shape index (κ1) is 14.5. The molecule has 0 amide bonds. The van der Waals surface area contributed by atoms with Crippen molar-refractivity contribution in [2.24, 2.45) is 11.8 Å². The van der Waals surface area contributed by atoms with E-state index in [1.807, 2.05) is 18.3 Å². The van der Waals surface area contributed by atoms with Crippen LogP contribution in [0.5, 0.6) is 0 Å². The van der Waals surface area contributed by atoms with Gasteiger partial charge in [-0.2, -0.15) is 0 Å². The van der Waals surface area contributed by atoms with E-state index >= 15 is 0 Å². The maximum absolute atomic E-state index is 6.00. The highest BCUT2D eigenvalue weighted by atomic mass is 35.5. The fraction of sp³-hybridized carbons (Fsp3) is 0.412. The summed E-state index contributed by atoms with van der Waals surface area (Å²) in [6.45, 7) is 4.45. The van der Waals surface area contributed by atoms with Gasteiger partial charge in [0.1, 0.15) is 0 Å². The zero-order chi connectivity index (χ0) is 14.8. The Labute approximate surface area is 130 Å². The summed E-state index contributed by atoms with van der Waals surface area (Å²) in [6.07, 6.45) is 6.54. The molecule has 1 N–H and O–H groups in total. The van der Waals surface area contributed by atoms with Crippen molar-refractivity contribution in [1.29, 1.82) is 0 Å². The number of nitrogens with zero attached hydrogens (tertiary/aromatic N) is 2. The molecule has 110 valence electrons. The largest absolute Gasteiger partial charge is 0.302 e. The smallest absolute Gasteiger partial charge is 0.0753 e. The minimum Gasteiger partial charge on any atom is -0.302 e. The van der Waals surface area contributed by atoms with Gasteiger partial charge in [-0.05, 0) is 42.9 Å². The molecule has 0 aliphatic heterocycles. The van der Waals surface area contributed by atoms with Gasteiger partial charge in [-0.15, -0.1) is 0 Å². The van der Waals surface area contributed by atoms with Gasteiger partial charge in [0.05, 0.1) is 5.69 Å². The molecule has 0 spiro atoms. The van der Waals surface area contributed by atoms with Gasteiger partial charge < -0.3 is 5.32 Å². The Hall–Kier alpha value is -1.45. The number of nitrogens with one attached hydrogen (secondary N) is 1. The third-order valence-electron chi connectivity index (χ3n) is 4.29. The lowest BCUT2D eigenvalue weighted by Crippen LogP contribution is -2.27. The summed E-state index contributed by atoms with van der Waals surface area (Å²) in [4.78, 5) is 8.55. The highest BCUT2D eigenvalue weighted by Crippen LogP contribution is 2.47. The molecule has 2 aromatic rings. The van der Waals surface area contributed by atoms with Gasteiger partial charge in [-0.1, -0.05) is 30.7 Å². The van der Waals surface area contributed by atoms with Crippen molar-refractivity contribution in [1.82, 2.24) is 15.3 Å². The predicted molar refractivity (Wildman–Crippen MR) is 85.0 cm³/mol. The molecule has 0 unspecified atom stereocenters. The van der Waals surface area contributed by atoms with Crippen molar-refractivity contribution in [3.05, 3.63) is 59.1 Å². The van der Waals surface area contributed by atoms with Crippen molar-refractivity contribution in [3.8, 4) is 0 Å². The Morgan fingerprint density at radius 1 is 1.24 bits per heavy atom. The number of rotatable bonds is 5. The Bertz CT molecular complexity index is 585. The average molecular weight is 302 g/mol. The molecular weight excluding hydrogens is 282 g/mol. The van der Waals surface area contributed by atoms with Crippen LogP contribution in [0.4, 0.5) is 0 Å². The first-order chi connectivity index (χ1) is 10.1. The van der Waals surface area contributed by atoms with Gasteiger partial charge in [0, 0.05) is 35.7 Å². The van der Waals surface area contributed by atoms with Gasteiger partial charge >= 0.3 is 0 Å². The van der Waals surface area contributed by atoms with E-state index in [1.165, 1.54) is 12.0 Å². The van der Waals surface area contributed by atoms with Crippen molar-refractivity contribution >= 4 is 11.6 Å². The molecule has 21 heavy (non-hydrogen) atoms. The highest BCUT2D eigenvalue weighted by Gasteiger charge is 2.40. The molecule has 1 aliphatic rings. The van der Waals surface area contributed by atoms with Crippen LogP contribution in [0.2, 0.25) is 5.02 Å². The van der Waals surface area contributed by atoms with Crippen molar-refractivity contribution < 1.29 is 0 Å². The summed E-state index contributed by atoms with van der Waals surface area (Å²) in [5.41, 5.74) is 2.27. The molecule has 3 nitrogen and oxygen atoms in total. The summed E-state index contributed by atoms with van der Waals surface area (Å²) < 4.78 is 0. The van der Waals surface area contributed by atoms with Crippen molar-refractivity contribution in [3.63, 3.8) is 0 Å². The predicted octanol–water partition coefficient (Wildman–Crippen LogP) is 4.18. The molecule has 4 heteroatoms. The number of hydrogen-bond acceptors (Lipinski definition) is 3. The van der Waals surface area contributed by atoms with Crippen LogP contribution in [0.3, 0.4) is 0 Å². The summed E-state index contributed by atoms with van der Waals surface area (Å²) in [5, 5.41) is 4.50. The molecule has 3 rings (SSSR count). The molecule has 1 aliphatic carbocycles. The van der Waals surface area contributed by atoms with Crippen LogP contribution in [0, 0.1) is 11.8 Å². The summed E-state index contributed by atoms with van der Waals surface area (Å²) in [6, 6.07) is 8.68. The van der Waals surface area contributed by atoms with Crippen LogP contribution in [0.25, 0.3) is 0 Å².